The number of rotatable bonds is 8. The molecular formula is C18H27NO3. The van der Waals surface area contributed by atoms with E-state index in [1.807, 2.05) is 0 Å². The number of hydrogen-bond donors (Lipinski definition) is 1. The molecule has 4 heteroatoms. The van der Waals surface area contributed by atoms with Crippen LogP contribution in [-0.2, 0) is 9.53 Å². The molecule has 1 aromatic rings. The van der Waals surface area contributed by atoms with E-state index in [-0.39, 0.29) is 19.2 Å². The highest BCUT2D eigenvalue weighted by Crippen LogP contribution is 2.46. The van der Waals surface area contributed by atoms with E-state index in [2.05, 4.69) is 39.0 Å². The van der Waals surface area contributed by atoms with E-state index in [1.54, 1.807) is 0 Å². The minimum atomic E-state index is -0.318. The lowest BCUT2D eigenvalue weighted by atomic mass is 9.90. The SMILES string of the molecule is CC(C)c1cccc(C(C)C2CC2)c1OCOC(=O)CCN. The number of esters is 1. The fourth-order valence-corrected chi connectivity index (χ4v) is 2.75. The van der Waals surface area contributed by atoms with E-state index in [9.17, 15) is 4.79 Å². The van der Waals surface area contributed by atoms with Crippen LogP contribution in [0.4, 0.5) is 0 Å². The summed E-state index contributed by atoms with van der Waals surface area (Å²) in [4.78, 5) is 11.4. The lowest BCUT2D eigenvalue weighted by molar-refractivity contribution is -0.150. The number of benzene rings is 1. The first-order chi connectivity index (χ1) is 10.5. The quantitative estimate of drug-likeness (QED) is 0.589. The predicted octanol–water partition coefficient (Wildman–Crippen LogP) is 3.55. The Bertz CT molecular complexity index is 509. The lowest BCUT2D eigenvalue weighted by Gasteiger charge is -2.21. The monoisotopic (exact) mass is 305 g/mol. The van der Waals surface area contributed by atoms with Crippen LogP contribution in [0.2, 0.25) is 0 Å². The molecule has 22 heavy (non-hydrogen) atoms. The predicted molar refractivity (Wildman–Crippen MR) is 86.9 cm³/mol. The van der Waals surface area contributed by atoms with Gasteiger partial charge < -0.3 is 15.2 Å². The molecule has 0 saturated heterocycles. The number of para-hydroxylation sites is 1. The maximum Gasteiger partial charge on any atom is 0.309 e. The van der Waals surface area contributed by atoms with Crippen molar-refractivity contribution in [3.63, 3.8) is 0 Å². The Balaban J connectivity index is 2.13. The van der Waals surface area contributed by atoms with Crippen molar-refractivity contribution in [1.29, 1.82) is 0 Å². The largest absolute Gasteiger partial charge is 0.457 e. The first-order valence-corrected chi connectivity index (χ1v) is 8.15. The number of carbonyl (C=O) groups is 1. The van der Waals surface area contributed by atoms with Crippen LogP contribution in [0, 0.1) is 5.92 Å². The van der Waals surface area contributed by atoms with Crippen molar-refractivity contribution in [2.75, 3.05) is 13.3 Å². The van der Waals surface area contributed by atoms with Gasteiger partial charge in [-0.25, -0.2) is 0 Å². The van der Waals surface area contributed by atoms with Gasteiger partial charge in [0.25, 0.3) is 0 Å². The van der Waals surface area contributed by atoms with Crippen LogP contribution < -0.4 is 10.5 Å². The van der Waals surface area contributed by atoms with E-state index in [0.29, 0.717) is 18.4 Å². The van der Waals surface area contributed by atoms with E-state index < -0.39 is 0 Å². The molecule has 1 aliphatic carbocycles. The van der Waals surface area contributed by atoms with Crippen LogP contribution in [0.25, 0.3) is 0 Å². The van der Waals surface area contributed by atoms with Gasteiger partial charge in [0.05, 0.1) is 6.42 Å². The minimum absolute atomic E-state index is 0.0487. The van der Waals surface area contributed by atoms with E-state index >= 15 is 0 Å². The Hall–Kier alpha value is -1.55. The molecule has 4 nitrogen and oxygen atoms in total. The van der Waals surface area contributed by atoms with Gasteiger partial charge in [-0.1, -0.05) is 39.0 Å². The molecule has 122 valence electrons. The molecule has 0 amide bonds. The average Bonchev–Trinajstić information content (AvgIpc) is 3.31. The fourth-order valence-electron chi connectivity index (χ4n) is 2.75. The summed E-state index contributed by atoms with van der Waals surface area (Å²) < 4.78 is 11.0. The van der Waals surface area contributed by atoms with Crippen molar-refractivity contribution >= 4 is 5.97 Å². The topological polar surface area (TPSA) is 61.5 Å². The Kier molecular flexibility index (Phi) is 5.83. The van der Waals surface area contributed by atoms with Gasteiger partial charge >= 0.3 is 5.97 Å². The lowest BCUT2D eigenvalue weighted by Crippen LogP contribution is -2.16. The van der Waals surface area contributed by atoms with Gasteiger partial charge in [0.2, 0.25) is 6.79 Å². The van der Waals surface area contributed by atoms with Crippen molar-refractivity contribution < 1.29 is 14.3 Å². The molecule has 0 bridgehead atoms. The van der Waals surface area contributed by atoms with Crippen molar-refractivity contribution in [3.8, 4) is 5.75 Å². The van der Waals surface area contributed by atoms with E-state index in [4.69, 9.17) is 15.2 Å². The second-order valence-corrected chi connectivity index (χ2v) is 6.36. The van der Waals surface area contributed by atoms with Crippen LogP contribution >= 0.6 is 0 Å². The molecule has 0 heterocycles. The Morgan fingerprint density at radius 2 is 1.95 bits per heavy atom. The Morgan fingerprint density at radius 3 is 2.55 bits per heavy atom. The third kappa shape index (κ3) is 4.23. The second kappa shape index (κ2) is 7.63. The van der Waals surface area contributed by atoms with Crippen LogP contribution in [0.5, 0.6) is 5.75 Å². The van der Waals surface area contributed by atoms with Crippen LogP contribution in [-0.4, -0.2) is 19.3 Å². The number of hydrogen-bond acceptors (Lipinski definition) is 4. The molecule has 1 aliphatic rings. The molecule has 0 spiro atoms. The summed E-state index contributed by atoms with van der Waals surface area (Å²) >= 11 is 0. The molecular weight excluding hydrogens is 278 g/mol. The summed E-state index contributed by atoms with van der Waals surface area (Å²) in [6.07, 6.45) is 2.80. The summed E-state index contributed by atoms with van der Waals surface area (Å²) in [6.45, 7) is 6.80. The third-order valence-corrected chi connectivity index (χ3v) is 4.29. The molecule has 1 fully saturated rings. The molecule has 0 radical (unpaired) electrons. The number of nitrogens with two attached hydrogens (primary N) is 1. The average molecular weight is 305 g/mol. The molecule has 0 aliphatic heterocycles. The van der Waals surface area contributed by atoms with Crippen molar-refractivity contribution in [2.45, 2.75) is 51.9 Å². The second-order valence-electron chi connectivity index (χ2n) is 6.36. The van der Waals surface area contributed by atoms with Crippen molar-refractivity contribution in [3.05, 3.63) is 29.3 Å². The van der Waals surface area contributed by atoms with Gasteiger partial charge in [0, 0.05) is 6.54 Å². The summed E-state index contributed by atoms with van der Waals surface area (Å²) in [5, 5.41) is 0. The van der Waals surface area contributed by atoms with Gasteiger partial charge in [-0.05, 0) is 41.7 Å². The zero-order chi connectivity index (χ0) is 16.1. The maximum atomic E-state index is 11.4. The van der Waals surface area contributed by atoms with Gasteiger partial charge in [0.1, 0.15) is 5.75 Å². The summed E-state index contributed by atoms with van der Waals surface area (Å²) in [5.74, 6) is 2.16. The number of carbonyl (C=O) groups excluding carboxylic acids is 1. The van der Waals surface area contributed by atoms with Crippen LogP contribution in [0.3, 0.4) is 0 Å². The van der Waals surface area contributed by atoms with Crippen LogP contribution in [0.15, 0.2) is 18.2 Å². The Labute approximate surface area is 133 Å². The maximum absolute atomic E-state index is 11.4. The van der Waals surface area contributed by atoms with Gasteiger partial charge in [-0.2, -0.15) is 0 Å². The van der Waals surface area contributed by atoms with Gasteiger partial charge in [-0.3, -0.25) is 4.79 Å². The molecule has 1 aromatic carbocycles. The van der Waals surface area contributed by atoms with Crippen molar-refractivity contribution in [1.82, 2.24) is 0 Å². The highest BCUT2D eigenvalue weighted by atomic mass is 16.7. The normalized spacial score (nSPS) is 15.7. The summed E-state index contributed by atoms with van der Waals surface area (Å²) in [5.41, 5.74) is 7.73. The molecule has 1 saturated carbocycles. The van der Waals surface area contributed by atoms with Crippen LogP contribution in [0.1, 0.15) is 63.0 Å². The molecule has 2 rings (SSSR count). The van der Waals surface area contributed by atoms with E-state index in [1.165, 1.54) is 24.0 Å². The number of ether oxygens (including phenoxy) is 2. The van der Waals surface area contributed by atoms with Gasteiger partial charge in [0.15, 0.2) is 0 Å². The standard InChI is InChI=1S/C18H27NO3/c1-12(2)15-5-4-6-16(13(3)14-7-8-14)18(15)22-11-21-17(20)9-10-19/h4-6,12-14H,7-11,19H2,1-3H3. The molecule has 1 unspecified atom stereocenters. The minimum Gasteiger partial charge on any atom is -0.457 e. The third-order valence-electron chi connectivity index (χ3n) is 4.29. The van der Waals surface area contributed by atoms with Crippen molar-refractivity contribution in [2.24, 2.45) is 11.7 Å². The zero-order valence-electron chi connectivity index (χ0n) is 13.8. The van der Waals surface area contributed by atoms with E-state index in [0.717, 1.165) is 11.7 Å². The smallest absolute Gasteiger partial charge is 0.309 e. The zero-order valence-corrected chi connectivity index (χ0v) is 13.8. The molecule has 0 aromatic heterocycles. The first kappa shape index (κ1) is 16.8. The highest BCUT2D eigenvalue weighted by Gasteiger charge is 2.31. The summed E-state index contributed by atoms with van der Waals surface area (Å²) in [6, 6.07) is 6.31. The molecule has 1 atom stereocenters. The Morgan fingerprint density at radius 1 is 1.27 bits per heavy atom. The highest BCUT2D eigenvalue weighted by molar-refractivity contribution is 5.69. The molecule has 2 N–H and O–H groups in total. The van der Waals surface area contributed by atoms with Gasteiger partial charge in [-0.15, -0.1) is 0 Å². The fraction of sp³-hybridized carbons (Fsp3) is 0.611. The summed E-state index contributed by atoms with van der Waals surface area (Å²) in [7, 11) is 0. The first-order valence-electron chi connectivity index (χ1n) is 8.15.